The molecular weight excluding hydrogens is 614 g/mol. The SMILES string of the molecule is CCCCCCCCCCCCCCCCP(I)(CCC)(CCC)CCCCCCCCCCCCCCCC. The van der Waals surface area contributed by atoms with Gasteiger partial charge in [0.1, 0.15) is 0 Å². The topological polar surface area (TPSA) is 0 Å². The molecule has 40 heavy (non-hydrogen) atoms. The van der Waals surface area contributed by atoms with E-state index < -0.39 is 4.25 Å². The maximum atomic E-state index is 3.13. The van der Waals surface area contributed by atoms with Crippen LogP contribution in [0.3, 0.4) is 0 Å². The Bertz CT molecular complexity index is 448. The van der Waals surface area contributed by atoms with E-state index in [1.165, 1.54) is 193 Å². The summed E-state index contributed by atoms with van der Waals surface area (Å²) in [6, 6.07) is 0. The molecule has 0 amide bonds. The Hall–Kier alpha value is 1.16. The standard InChI is InChI=1S/C38H80IP/c1-5-9-11-13-15-17-19-21-23-25-27-29-31-33-37-40(39,35-7-3,36-8-4)38-34-32-30-28-26-24-22-20-18-16-14-12-10-6-2/h5-38H2,1-4H3. The third-order valence-corrected chi connectivity index (χ3v) is 21.5. The van der Waals surface area contributed by atoms with Crippen LogP contribution in [0.15, 0.2) is 0 Å². The summed E-state index contributed by atoms with van der Waals surface area (Å²) in [4.78, 5) is 0. The zero-order chi connectivity index (χ0) is 29.5. The van der Waals surface area contributed by atoms with Gasteiger partial charge >= 0.3 is 219 Å². The molecule has 0 aromatic heterocycles. The second-order valence-corrected chi connectivity index (χ2v) is 27.5. The van der Waals surface area contributed by atoms with Crippen LogP contribution in [0.25, 0.3) is 0 Å². The van der Waals surface area contributed by atoms with Crippen LogP contribution in [-0.4, -0.2) is 24.6 Å². The Labute approximate surface area is 270 Å². The normalized spacial score (nSPS) is 13.1. The van der Waals surface area contributed by atoms with Gasteiger partial charge in [-0.3, -0.25) is 0 Å². The van der Waals surface area contributed by atoms with Crippen molar-refractivity contribution >= 4 is 26.3 Å². The van der Waals surface area contributed by atoms with Gasteiger partial charge < -0.3 is 0 Å². The third-order valence-electron chi connectivity index (χ3n) is 9.71. The Morgan fingerprint density at radius 1 is 0.250 bits per heavy atom. The van der Waals surface area contributed by atoms with Crippen LogP contribution in [0.1, 0.15) is 220 Å². The fraction of sp³-hybridized carbons (Fsp3) is 1.00. The predicted molar refractivity (Wildman–Crippen MR) is 202 cm³/mol. The molecular formula is C38H80IP. The van der Waals surface area contributed by atoms with E-state index in [4.69, 9.17) is 0 Å². The number of rotatable bonds is 34. The first-order valence-corrected chi connectivity index (χ1v) is 25.0. The molecule has 0 radical (unpaired) electrons. The van der Waals surface area contributed by atoms with E-state index in [-0.39, 0.29) is 0 Å². The maximum absolute atomic E-state index is 3.13. The first-order chi connectivity index (χ1) is 19.5. The number of hydrogen-bond acceptors (Lipinski definition) is 0. The van der Waals surface area contributed by atoms with Gasteiger partial charge in [0.25, 0.3) is 0 Å². The quantitative estimate of drug-likeness (QED) is 0.0357. The molecule has 0 aliphatic heterocycles. The van der Waals surface area contributed by atoms with Crippen LogP contribution in [-0.2, 0) is 0 Å². The third kappa shape index (κ3) is 25.6. The van der Waals surface area contributed by atoms with Crippen LogP contribution in [0, 0.1) is 0 Å². The van der Waals surface area contributed by atoms with Gasteiger partial charge in [-0.05, 0) is 0 Å². The number of halogens is 1. The monoisotopic (exact) mass is 695 g/mol. The predicted octanol–water partition coefficient (Wildman–Crippen LogP) is 15.7. The molecule has 0 fully saturated rings. The van der Waals surface area contributed by atoms with Crippen molar-refractivity contribution in [1.82, 2.24) is 0 Å². The summed E-state index contributed by atoms with van der Waals surface area (Å²) in [5.41, 5.74) is 0. The fourth-order valence-corrected chi connectivity index (χ4v) is 17.7. The smallest absolute Gasteiger partial charge is 0.0654 e. The summed E-state index contributed by atoms with van der Waals surface area (Å²) in [7, 11) is 0. The van der Waals surface area contributed by atoms with Crippen molar-refractivity contribution < 1.29 is 0 Å². The molecule has 0 saturated heterocycles. The zero-order valence-electron chi connectivity index (χ0n) is 28.9. The van der Waals surface area contributed by atoms with Gasteiger partial charge in [0.2, 0.25) is 0 Å². The first kappa shape index (κ1) is 41.2. The summed E-state index contributed by atoms with van der Waals surface area (Å²) in [6.07, 6.45) is 50.6. The van der Waals surface area contributed by atoms with Gasteiger partial charge in [-0.25, -0.2) is 0 Å². The fourth-order valence-electron chi connectivity index (χ4n) is 7.19. The number of unbranched alkanes of at least 4 members (excludes halogenated alkanes) is 26. The van der Waals surface area contributed by atoms with Crippen molar-refractivity contribution in [2.24, 2.45) is 0 Å². The molecule has 0 nitrogen and oxygen atoms in total. The second-order valence-electron chi connectivity index (χ2n) is 13.9. The minimum atomic E-state index is -1.52. The number of hydrogen-bond donors (Lipinski definition) is 0. The molecule has 0 heterocycles. The minimum absolute atomic E-state index is 1.37. The molecule has 0 aliphatic carbocycles. The van der Waals surface area contributed by atoms with Crippen molar-refractivity contribution in [3.8, 4) is 0 Å². The van der Waals surface area contributed by atoms with E-state index in [1.807, 2.05) is 0 Å². The Morgan fingerprint density at radius 2 is 0.450 bits per heavy atom. The van der Waals surface area contributed by atoms with Crippen molar-refractivity contribution in [2.45, 2.75) is 220 Å². The van der Waals surface area contributed by atoms with E-state index >= 15 is 0 Å². The van der Waals surface area contributed by atoms with Crippen LogP contribution >= 0.6 is 26.3 Å². The van der Waals surface area contributed by atoms with E-state index in [9.17, 15) is 0 Å². The van der Waals surface area contributed by atoms with Crippen LogP contribution in [0.4, 0.5) is 0 Å². The molecule has 0 aromatic carbocycles. The van der Waals surface area contributed by atoms with Gasteiger partial charge in [-0.1, -0.05) is 52.4 Å². The molecule has 0 bridgehead atoms. The molecule has 0 saturated carbocycles. The Morgan fingerprint density at radius 3 is 0.650 bits per heavy atom. The Balaban J connectivity index is 3.94. The molecule has 0 unspecified atom stereocenters. The molecule has 0 aromatic rings. The molecule has 0 atom stereocenters. The van der Waals surface area contributed by atoms with Crippen molar-refractivity contribution in [1.29, 1.82) is 0 Å². The summed E-state index contributed by atoms with van der Waals surface area (Å²) in [5.74, 6) is 0. The Kier molecular flexibility index (Phi) is 31.1. The average Bonchev–Trinajstić information content (AvgIpc) is 2.94. The second kappa shape index (κ2) is 30.2. The van der Waals surface area contributed by atoms with Crippen LogP contribution < -0.4 is 0 Å². The van der Waals surface area contributed by atoms with Crippen LogP contribution in [0.2, 0.25) is 0 Å². The van der Waals surface area contributed by atoms with Crippen molar-refractivity contribution in [3.63, 3.8) is 0 Å². The molecule has 0 spiro atoms. The van der Waals surface area contributed by atoms with E-state index in [0.29, 0.717) is 0 Å². The first-order valence-electron chi connectivity index (χ1n) is 19.3. The molecule has 0 rings (SSSR count). The van der Waals surface area contributed by atoms with Crippen LogP contribution in [0.5, 0.6) is 0 Å². The summed E-state index contributed by atoms with van der Waals surface area (Å²) >= 11 is 3.13. The van der Waals surface area contributed by atoms with E-state index in [2.05, 4.69) is 49.7 Å². The summed E-state index contributed by atoms with van der Waals surface area (Å²) < 4.78 is -1.52. The summed E-state index contributed by atoms with van der Waals surface area (Å²) in [6.45, 7) is 9.56. The van der Waals surface area contributed by atoms with Gasteiger partial charge in [0.05, 0.1) is 0 Å². The van der Waals surface area contributed by atoms with Gasteiger partial charge in [-0.15, -0.1) is 0 Å². The summed E-state index contributed by atoms with van der Waals surface area (Å²) in [5, 5.41) is 0. The molecule has 0 N–H and O–H groups in total. The van der Waals surface area contributed by atoms with Gasteiger partial charge in [-0.2, -0.15) is 0 Å². The molecule has 2 heteroatoms. The zero-order valence-corrected chi connectivity index (χ0v) is 31.9. The minimum Gasteiger partial charge on any atom is -0.0654 e. The van der Waals surface area contributed by atoms with Crippen molar-refractivity contribution in [3.05, 3.63) is 0 Å². The van der Waals surface area contributed by atoms with Gasteiger partial charge in [0.15, 0.2) is 0 Å². The molecule has 0 aliphatic rings. The van der Waals surface area contributed by atoms with E-state index in [0.717, 1.165) is 0 Å². The molecule has 244 valence electrons. The van der Waals surface area contributed by atoms with E-state index in [1.54, 1.807) is 24.6 Å². The average molecular weight is 695 g/mol. The van der Waals surface area contributed by atoms with Gasteiger partial charge in [0, 0.05) is 0 Å². The van der Waals surface area contributed by atoms with Crippen molar-refractivity contribution in [2.75, 3.05) is 24.6 Å².